The van der Waals surface area contributed by atoms with Gasteiger partial charge in [-0.15, -0.1) is 0 Å². The van der Waals surface area contributed by atoms with Gasteiger partial charge in [-0.25, -0.2) is 0 Å². The SMILES string of the molecule is C[Se]C[C@@H]1C[C@@H]2[C@H](CC[C@]3(C)[C@@H]([C@H](C)CCCC(C)C)CC[C@@H]23)C2=C1C[C@@H](O)CC2. The first-order valence-corrected chi connectivity index (χ1v) is 16.2. The molecule has 172 valence electrons. The van der Waals surface area contributed by atoms with E-state index < -0.39 is 0 Å². The van der Waals surface area contributed by atoms with Crippen LogP contribution in [-0.2, 0) is 0 Å². The number of hydrogen-bond acceptors (Lipinski definition) is 1. The summed E-state index contributed by atoms with van der Waals surface area (Å²) in [4.78, 5) is 0. The predicted molar refractivity (Wildman–Crippen MR) is 130 cm³/mol. The van der Waals surface area contributed by atoms with Crippen LogP contribution in [0.15, 0.2) is 11.1 Å². The number of rotatable bonds is 7. The first-order chi connectivity index (χ1) is 14.3. The van der Waals surface area contributed by atoms with Crippen LogP contribution in [0.3, 0.4) is 0 Å². The van der Waals surface area contributed by atoms with Gasteiger partial charge in [0.25, 0.3) is 0 Å². The second kappa shape index (κ2) is 9.60. The predicted octanol–water partition coefficient (Wildman–Crippen LogP) is 7.54. The topological polar surface area (TPSA) is 20.2 Å². The van der Waals surface area contributed by atoms with Crippen LogP contribution in [0.25, 0.3) is 0 Å². The van der Waals surface area contributed by atoms with Crippen LogP contribution >= 0.6 is 0 Å². The van der Waals surface area contributed by atoms with Crippen LogP contribution in [0, 0.1) is 46.8 Å². The quantitative estimate of drug-likeness (QED) is 0.295. The third-order valence-corrected chi connectivity index (χ3v) is 11.7. The Hall–Kier alpha value is 0.219. The molecule has 0 aromatic carbocycles. The first kappa shape index (κ1) is 23.4. The van der Waals surface area contributed by atoms with Gasteiger partial charge in [-0.05, 0) is 0 Å². The zero-order chi connectivity index (χ0) is 21.5. The fourth-order valence-corrected chi connectivity index (χ4v) is 10.3. The van der Waals surface area contributed by atoms with E-state index in [1.165, 1.54) is 63.1 Å². The van der Waals surface area contributed by atoms with E-state index >= 15 is 0 Å². The average Bonchev–Trinajstić information content (AvgIpc) is 3.05. The number of aliphatic hydroxyl groups is 1. The van der Waals surface area contributed by atoms with Gasteiger partial charge in [0.15, 0.2) is 0 Å². The molecule has 1 N–H and O–H groups in total. The Morgan fingerprint density at radius 3 is 2.60 bits per heavy atom. The maximum absolute atomic E-state index is 10.4. The Morgan fingerprint density at radius 2 is 1.87 bits per heavy atom. The van der Waals surface area contributed by atoms with Crippen molar-refractivity contribution < 1.29 is 5.11 Å². The van der Waals surface area contributed by atoms with Gasteiger partial charge < -0.3 is 0 Å². The molecular formula is C28H48OSe. The molecule has 4 aliphatic carbocycles. The molecule has 0 unspecified atom stereocenters. The average molecular weight is 480 g/mol. The molecule has 4 rings (SSSR count). The Balaban J connectivity index is 1.52. The summed E-state index contributed by atoms with van der Waals surface area (Å²) in [6.45, 7) is 10.1. The van der Waals surface area contributed by atoms with Crippen molar-refractivity contribution in [3.63, 3.8) is 0 Å². The van der Waals surface area contributed by atoms with Gasteiger partial charge in [0.1, 0.15) is 0 Å². The molecule has 30 heavy (non-hydrogen) atoms. The van der Waals surface area contributed by atoms with E-state index in [1.54, 1.807) is 5.57 Å². The molecule has 0 spiro atoms. The monoisotopic (exact) mass is 480 g/mol. The summed E-state index contributed by atoms with van der Waals surface area (Å²) in [5.41, 5.74) is 4.22. The molecule has 0 radical (unpaired) electrons. The van der Waals surface area contributed by atoms with Gasteiger partial charge in [0, 0.05) is 0 Å². The minimum absolute atomic E-state index is 0.0523. The van der Waals surface area contributed by atoms with E-state index in [1.807, 2.05) is 5.57 Å². The fourth-order valence-electron chi connectivity index (χ4n) is 8.74. The van der Waals surface area contributed by atoms with Crippen LogP contribution in [0.1, 0.15) is 98.3 Å². The molecule has 0 bridgehead atoms. The molecule has 8 atom stereocenters. The Kier molecular flexibility index (Phi) is 7.49. The third-order valence-electron chi connectivity index (χ3n) is 10.1. The zero-order valence-corrected chi connectivity index (χ0v) is 22.2. The van der Waals surface area contributed by atoms with Crippen molar-refractivity contribution >= 4 is 15.0 Å². The number of hydrogen-bond donors (Lipinski definition) is 1. The number of allylic oxidation sites excluding steroid dienone is 1. The van der Waals surface area contributed by atoms with Crippen molar-refractivity contribution in [3.05, 3.63) is 11.1 Å². The van der Waals surface area contributed by atoms with E-state index in [4.69, 9.17) is 0 Å². The first-order valence-electron chi connectivity index (χ1n) is 13.2. The van der Waals surface area contributed by atoms with Gasteiger partial charge in [0.2, 0.25) is 0 Å². The van der Waals surface area contributed by atoms with Crippen LogP contribution in [0.5, 0.6) is 0 Å². The Labute approximate surface area is 193 Å². The summed E-state index contributed by atoms with van der Waals surface area (Å²) in [5, 5.41) is 11.8. The summed E-state index contributed by atoms with van der Waals surface area (Å²) >= 11 is 0.749. The van der Waals surface area contributed by atoms with Crippen LogP contribution in [-0.4, -0.2) is 26.2 Å². The van der Waals surface area contributed by atoms with Gasteiger partial charge in [-0.1, -0.05) is 13.8 Å². The normalized spacial score (nSPS) is 42.1. The molecule has 0 aromatic heterocycles. The van der Waals surface area contributed by atoms with Crippen molar-refractivity contribution in [1.29, 1.82) is 0 Å². The molecular weight excluding hydrogens is 431 g/mol. The second-order valence-corrected chi connectivity index (χ2v) is 14.2. The standard InChI is InChI=1S/C28H48OSe/c1-18(2)7-6-8-19(3)26-11-12-27-25-15-20(17-30-5)24-16-21(29)9-10-22(24)23(25)13-14-28(26,27)4/h18-21,23,25-27,29H,6-17H2,1-5H3/t19-,20+,21+,23-,25-,26-,27+,28-/m1/s1. The van der Waals surface area contributed by atoms with Crippen LogP contribution in [0.4, 0.5) is 0 Å². The van der Waals surface area contributed by atoms with Crippen molar-refractivity contribution in [2.75, 3.05) is 0 Å². The van der Waals surface area contributed by atoms with Crippen molar-refractivity contribution in [2.24, 2.45) is 46.8 Å². The Bertz CT molecular complexity index is 624. The molecule has 2 heteroatoms. The number of fused-ring (bicyclic) bond motifs is 4. The molecule has 0 heterocycles. The summed E-state index contributed by atoms with van der Waals surface area (Å²) in [5.74, 6) is 8.77. The van der Waals surface area contributed by atoms with E-state index in [0.717, 1.165) is 69.2 Å². The zero-order valence-electron chi connectivity index (χ0n) is 20.5. The molecule has 0 amide bonds. The van der Waals surface area contributed by atoms with E-state index in [-0.39, 0.29) is 6.10 Å². The molecule has 4 aliphatic rings. The van der Waals surface area contributed by atoms with Crippen LogP contribution in [0.2, 0.25) is 11.1 Å². The van der Waals surface area contributed by atoms with Crippen molar-refractivity contribution in [2.45, 2.75) is 116 Å². The van der Waals surface area contributed by atoms with E-state index in [2.05, 4.69) is 33.5 Å². The van der Waals surface area contributed by atoms with Crippen LogP contribution < -0.4 is 0 Å². The maximum atomic E-state index is 10.4. The van der Waals surface area contributed by atoms with Gasteiger partial charge >= 0.3 is 180 Å². The molecule has 2 fully saturated rings. The molecule has 0 saturated heterocycles. The summed E-state index contributed by atoms with van der Waals surface area (Å²) in [6.07, 6.45) is 14.9. The van der Waals surface area contributed by atoms with E-state index in [9.17, 15) is 5.11 Å². The second-order valence-electron chi connectivity index (χ2n) is 12.2. The van der Waals surface area contributed by atoms with Gasteiger partial charge in [-0.2, -0.15) is 0 Å². The molecule has 0 aromatic rings. The molecule has 2 saturated carbocycles. The fraction of sp³-hybridized carbons (Fsp3) is 0.929. The summed E-state index contributed by atoms with van der Waals surface area (Å²) in [6, 6.07) is 0. The van der Waals surface area contributed by atoms with Crippen molar-refractivity contribution in [3.8, 4) is 0 Å². The van der Waals surface area contributed by atoms with Gasteiger partial charge in [0.05, 0.1) is 0 Å². The minimum atomic E-state index is -0.0523. The molecule has 0 aliphatic heterocycles. The van der Waals surface area contributed by atoms with Gasteiger partial charge in [-0.3, -0.25) is 0 Å². The third kappa shape index (κ3) is 4.36. The number of aliphatic hydroxyl groups excluding tert-OH is 1. The summed E-state index contributed by atoms with van der Waals surface area (Å²) < 4.78 is 0. The van der Waals surface area contributed by atoms with Crippen molar-refractivity contribution in [1.82, 2.24) is 0 Å². The summed E-state index contributed by atoms with van der Waals surface area (Å²) in [7, 11) is 0. The van der Waals surface area contributed by atoms with E-state index in [0.29, 0.717) is 5.41 Å². The molecule has 1 nitrogen and oxygen atoms in total. The Morgan fingerprint density at radius 1 is 1.07 bits per heavy atom.